The third-order valence-corrected chi connectivity index (χ3v) is 3.60. The van der Waals surface area contributed by atoms with Gasteiger partial charge in [0.2, 0.25) is 0 Å². The van der Waals surface area contributed by atoms with Crippen molar-refractivity contribution in [2.45, 2.75) is 32.8 Å². The van der Waals surface area contributed by atoms with Crippen molar-refractivity contribution >= 4 is 6.03 Å². The van der Waals surface area contributed by atoms with Crippen molar-refractivity contribution < 1.29 is 23.4 Å². The normalized spacial score (nSPS) is 12.1. The number of ether oxygens (including phenoxy) is 1. The number of urea groups is 1. The Labute approximate surface area is 135 Å². The van der Waals surface area contributed by atoms with Gasteiger partial charge in [0.25, 0.3) is 0 Å². The SMILES string of the molecule is CCC(CC)C(O)CNC(=O)NCCOc1ccc(F)cc1F. The van der Waals surface area contributed by atoms with Crippen molar-refractivity contribution in [1.29, 1.82) is 0 Å². The topological polar surface area (TPSA) is 70.6 Å². The Bertz CT molecular complexity index is 496. The van der Waals surface area contributed by atoms with Gasteiger partial charge in [0.05, 0.1) is 12.6 Å². The first-order valence-electron chi connectivity index (χ1n) is 7.75. The molecule has 3 N–H and O–H groups in total. The molecule has 0 aliphatic rings. The number of benzene rings is 1. The van der Waals surface area contributed by atoms with E-state index in [2.05, 4.69) is 10.6 Å². The van der Waals surface area contributed by atoms with Crippen LogP contribution in [-0.4, -0.2) is 36.9 Å². The summed E-state index contributed by atoms with van der Waals surface area (Å²) in [6.45, 7) is 4.35. The second-order valence-electron chi connectivity index (χ2n) is 5.20. The molecule has 0 heterocycles. The van der Waals surface area contributed by atoms with Crippen molar-refractivity contribution in [3.63, 3.8) is 0 Å². The van der Waals surface area contributed by atoms with E-state index >= 15 is 0 Å². The minimum Gasteiger partial charge on any atom is -0.489 e. The number of halogens is 2. The lowest BCUT2D eigenvalue weighted by atomic mass is 9.97. The minimum absolute atomic E-state index is 0.0467. The van der Waals surface area contributed by atoms with Gasteiger partial charge < -0.3 is 20.5 Å². The first kappa shape index (κ1) is 19.2. The summed E-state index contributed by atoms with van der Waals surface area (Å²) >= 11 is 0. The molecule has 23 heavy (non-hydrogen) atoms. The lowest BCUT2D eigenvalue weighted by molar-refractivity contribution is 0.103. The van der Waals surface area contributed by atoms with Gasteiger partial charge in [0, 0.05) is 12.6 Å². The summed E-state index contributed by atoms with van der Waals surface area (Å²) in [4.78, 5) is 11.6. The lowest BCUT2D eigenvalue weighted by Gasteiger charge is -2.20. The Morgan fingerprint density at radius 3 is 2.57 bits per heavy atom. The number of carbonyl (C=O) groups excluding carboxylic acids is 1. The summed E-state index contributed by atoms with van der Waals surface area (Å²) in [6, 6.07) is 2.58. The number of hydrogen-bond donors (Lipinski definition) is 3. The molecule has 1 aromatic carbocycles. The Balaban J connectivity index is 2.21. The molecule has 1 atom stereocenters. The number of aliphatic hydroxyl groups is 1. The van der Waals surface area contributed by atoms with Gasteiger partial charge in [-0.1, -0.05) is 26.7 Å². The van der Waals surface area contributed by atoms with E-state index < -0.39 is 23.8 Å². The van der Waals surface area contributed by atoms with Crippen LogP contribution in [0.25, 0.3) is 0 Å². The van der Waals surface area contributed by atoms with E-state index in [9.17, 15) is 18.7 Å². The zero-order valence-electron chi connectivity index (χ0n) is 13.4. The van der Waals surface area contributed by atoms with E-state index in [4.69, 9.17) is 4.74 Å². The van der Waals surface area contributed by atoms with E-state index in [1.807, 2.05) is 13.8 Å². The van der Waals surface area contributed by atoms with Crippen LogP contribution < -0.4 is 15.4 Å². The molecule has 0 spiro atoms. The van der Waals surface area contributed by atoms with E-state index in [0.29, 0.717) is 0 Å². The van der Waals surface area contributed by atoms with Crippen molar-refractivity contribution in [3.8, 4) is 5.75 Å². The van der Waals surface area contributed by atoms with Crippen LogP contribution in [0.1, 0.15) is 26.7 Å². The summed E-state index contributed by atoms with van der Waals surface area (Å²) in [7, 11) is 0. The van der Waals surface area contributed by atoms with Gasteiger partial charge >= 0.3 is 6.03 Å². The molecule has 0 radical (unpaired) electrons. The number of aliphatic hydroxyl groups excluding tert-OH is 1. The molecule has 0 aliphatic carbocycles. The lowest BCUT2D eigenvalue weighted by Crippen LogP contribution is -2.42. The predicted molar refractivity (Wildman–Crippen MR) is 83.3 cm³/mol. The molecule has 0 bridgehead atoms. The third kappa shape index (κ3) is 6.81. The van der Waals surface area contributed by atoms with E-state index in [1.54, 1.807) is 0 Å². The van der Waals surface area contributed by atoms with Crippen LogP contribution in [0.4, 0.5) is 13.6 Å². The maximum atomic E-state index is 13.3. The van der Waals surface area contributed by atoms with Crippen molar-refractivity contribution in [2.24, 2.45) is 5.92 Å². The number of amides is 2. The molecule has 0 fully saturated rings. The van der Waals surface area contributed by atoms with Gasteiger partial charge in [-0.25, -0.2) is 13.6 Å². The Kier molecular flexibility index (Phi) is 8.32. The van der Waals surface area contributed by atoms with E-state index in [-0.39, 0.29) is 31.4 Å². The number of carbonyl (C=O) groups is 1. The minimum atomic E-state index is -0.789. The van der Waals surface area contributed by atoms with Crippen LogP contribution in [0.5, 0.6) is 5.75 Å². The fourth-order valence-electron chi connectivity index (χ4n) is 2.18. The highest BCUT2D eigenvalue weighted by Gasteiger charge is 2.15. The molecule has 0 saturated carbocycles. The quantitative estimate of drug-likeness (QED) is 0.609. The molecule has 2 amide bonds. The van der Waals surface area contributed by atoms with E-state index in [1.165, 1.54) is 6.07 Å². The summed E-state index contributed by atoms with van der Waals surface area (Å²) in [5.41, 5.74) is 0. The summed E-state index contributed by atoms with van der Waals surface area (Å²) in [5, 5.41) is 15.0. The zero-order valence-corrected chi connectivity index (χ0v) is 13.4. The van der Waals surface area contributed by atoms with Crippen molar-refractivity contribution in [3.05, 3.63) is 29.8 Å². The second kappa shape index (κ2) is 9.99. The van der Waals surface area contributed by atoms with Gasteiger partial charge in [-0.3, -0.25) is 0 Å². The highest BCUT2D eigenvalue weighted by Crippen LogP contribution is 2.17. The zero-order chi connectivity index (χ0) is 17.2. The predicted octanol–water partition coefficient (Wildman–Crippen LogP) is 2.44. The molecule has 1 unspecified atom stereocenters. The summed E-state index contributed by atoms with van der Waals surface area (Å²) in [5.74, 6) is -1.39. The van der Waals surface area contributed by atoms with Crippen LogP contribution in [-0.2, 0) is 0 Å². The average Bonchev–Trinajstić information content (AvgIpc) is 2.52. The van der Waals surface area contributed by atoms with Crippen LogP contribution in [0.15, 0.2) is 18.2 Å². The van der Waals surface area contributed by atoms with Crippen LogP contribution in [0.3, 0.4) is 0 Å². The van der Waals surface area contributed by atoms with Crippen molar-refractivity contribution in [1.82, 2.24) is 10.6 Å². The molecule has 0 saturated heterocycles. The van der Waals surface area contributed by atoms with Crippen LogP contribution in [0.2, 0.25) is 0 Å². The van der Waals surface area contributed by atoms with Gasteiger partial charge in [-0.15, -0.1) is 0 Å². The van der Waals surface area contributed by atoms with Crippen molar-refractivity contribution in [2.75, 3.05) is 19.7 Å². The molecule has 1 aromatic rings. The third-order valence-electron chi connectivity index (χ3n) is 3.60. The van der Waals surface area contributed by atoms with E-state index in [0.717, 1.165) is 25.0 Å². The highest BCUT2D eigenvalue weighted by molar-refractivity contribution is 5.73. The number of hydrogen-bond acceptors (Lipinski definition) is 3. The second-order valence-corrected chi connectivity index (χ2v) is 5.20. The largest absolute Gasteiger partial charge is 0.489 e. The number of nitrogens with one attached hydrogen (secondary N) is 2. The summed E-state index contributed by atoms with van der Waals surface area (Å²) in [6.07, 6.45) is 1.11. The van der Waals surface area contributed by atoms with Crippen LogP contribution >= 0.6 is 0 Å². The first-order valence-corrected chi connectivity index (χ1v) is 7.75. The molecule has 0 aromatic heterocycles. The number of rotatable bonds is 9. The van der Waals surface area contributed by atoms with Gasteiger partial charge in [0.1, 0.15) is 12.4 Å². The highest BCUT2D eigenvalue weighted by atomic mass is 19.1. The first-order chi connectivity index (χ1) is 11.0. The standard InChI is InChI=1S/C16H24F2N2O3/c1-3-11(4-2)14(21)10-20-16(22)19-7-8-23-15-6-5-12(17)9-13(15)18/h5-6,9,11,14,21H,3-4,7-8,10H2,1-2H3,(H2,19,20,22). The van der Waals surface area contributed by atoms with Gasteiger partial charge in [0.15, 0.2) is 11.6 Å². The van der Waals surface area contributed by atoms with Gasteiger partial charge in [-0.2, -0.15) is 0 Å². The Morgan fingerprint density at radius 1 is 1.26 bits per heavy atom. The Hall–Kier alpha value is -1.89. The van der Waals surface area contributed by atoms with Crippen LogP contribution in [0, 0.1) is 17.6 Å². The fourth-order valence-corrected chi connectivity index (χ4v) is 2.18. The molecule has 5 nitrogen and oxygen atoms in total. The molecule has 1 rings (SSSR count). The molecular formula is C16H24F2N2O3. The smallest absolute Gasteiger partial charge is 0.315 e. The molecular weight excluding hydrogens is 306 g/mol. The molecule has 130 valence electrons. The summed E-state index contributed by atoms with van der Waals surface area (Å²) < 4.78 is 31.1. The molecule has 0 aliphatic heterocycles. The fraction of sp³-hybridized carbons (Fsp3) is 0.562. The average molecular weight is 330 g/mol. The monoisotopic (exact) mass is 330 g/mol. The van der Waals surface area contributed by atoms with Gasteiger partial charge in [-0.05, 0) is 18.1 Å². The maximum absolute atomic E-state index is 13.3. The Morgan fingerprint density at radius 2 is 1.96 bits per heavy atom. The molecule has 7 heteroatoms. The maximum Gasteiger partial charge on any atom is 0.315 e.